The molecule has 0 N–H and O–H groups in total. The Kier molecular flexibility index (Phi) is 4.17. The summed E-state index contributed by atoms with van der Waals surface area (Å²) in [6.07, 6.45) is 0. The van der Waals surface area contributed by atoms with Gasteiger partial charge in [0.2, 0.25) is 5.78 Å². The Hall–Kier alpha value is -1.95. The maximum Gasteiger partial charge on any atom is 0.237 e. The van der Waals surface area contributed by atoms with E-state index in [1.54, 1.807) is 26.1 Å². The minimum Gasteiger partial charge on any atom is -0.496 e. The van der Waals surface area contributed by atoms with Crippen LogP contribution in [0.2, 0.25) is 0 Å². The van der Waals surface area contributed by atoms with Crippen molar-refractivity contribution in [1.29, 1.82) is 0 Å². The number of rotatable bonds is 2. The van der Waals surface area contributed by atoms with Crippen LogP contribution in [0.15, 0.2) is 12.1 Å². The standard InChI is InChI=1S/C14H17NO2/c1-10-9-14(17-5)11(2)8-12(10)13(16)6-7-15(3)4/h8-9H,1-5H3. The van der Waals surface area contributed by atoms with Gasteiger partial charge in [0.05, 0.1) is 7.11 Å². The lowest BCUT2D eigenvalue weighted by Crippen LogP contribution is -2.05. The van der Waals surface area contributed by atoms with Crippen LogP contribution in [0, 0.1) is 25.8 Å². The first kappa shape index (κ1) is 13.1. The Morgan fingerprint density at radius 1 is 1.24 bits per heavy atom. The summed E-state index contributed by atoms with van der Waals surface area (Å²) in [5.74, 6) is 3.23. The molecule has 0 saturated carbocycles. The van der Waals surface area contributed by atoms with E-state index in [0.717, 1.165) is 16.9 Å². The minimum absolute atomic E-state index is 0.165. The minimum atomic E-state index is -0.165. The molecular formula is C14H17NO2. The monoisotopic (exact) mass is 231 g/mol. The van der Waals surface area contributed by atoms with Crippen LogP contribution in [0.1, 0.15) is 21.5 Å². The van der Waals surface area contributed by atoms with E-state index in [0.29, 0.717) is 5.56 Å². The number of Topliss-reactive ketones (excluding diaryl/α,β-unsaturated/α-hetero) is 1. The second-order valence-corrected chi connectivity index (χ2v) is 4.10. The van der Waals surface area contributed by atoms with Gasteiger partial charge in [-0.2, -0.15) is 0 Å². The van der Waals surface area contributed by atoms with Crippen molar-refractivity contribution in [1.82, 2.24) is 4.90 Å². The first-order valence-corrected chi connectivity index (χ1v) is 5.34. The summed E-state index contributed by atoms with van der Waals surface area (Å²) in [7, 11) is 5.22. The van der Waals surface area contributed by atoms with Crippen LogP contribution >= 0.6 is 0 Å². The van der Waals surface area contributed by atoms with Gasteiger partial charge in [-0.25, -0.2) is 0 Å². The lowest BCUT2D eigenvalue weighted by Gasteiger charge is -2.08. The van der Waals surface area contributed by atoms with Gasteiger partial charge in [-0.3, -0.25) is 4.79 Å². The van der Waals surface area contributed by atoms with Crippen LogP contribution in [-0.2, 0) is 0 Å². The van der Waals surface area contributed by atoms with Crippen molar-refractivity contribution in [3.05, 3.63) is 28.8 Å². The van der Waals surface area contributed by atoms with Gasteiger partial charge < -0.3 is 9.64 Å². The Morgan fingerprint density at radius 2 is 1.88 bits per heavy atom. The van der Waals surface area contributed by atoms with E-state index in [1.165, 1.54) is 0 Å². The van der Waals surface area contributed by atoms with Gasteiger partial charge in [0, 0.05) is 25.7 Å². The smallest absolute Gasteiger partial charge is 0.237 e. The Labute approximate surface area is 102 Å². The zero-order valence-electron chi connectivity index (χ0n) is 10.9. The molecule has 0 atom stereocenters. The average molecular weight is 231 g/mol. The highest BCUT2D eigenvalue weighted by Crippen LogP contribution is 2.22. The number of benzene rings is 1. The topological polar surface area (TPSA) is 29.5 Å². The maximum atomic E-state index is 11.9. The predicted octanol–water partition coefficient (Wildman–Crippen LogP) is 2.02. The van der Waals surface area contributed by atoms with Gasteiger partial charge in [0.25, 0.3) is 0 Å². The van der Waals surface area contributed by atoms with Crippen LogP contribution in [0.5, 0.6) is 5.75 Å². The van der Waals surface area contributed by atoms with Crippen LogP contribution in [0.25, 0.3) is 0 Å². The maximum absolute atomic E-state index is 11.9. The molecule has 0 spiro atoms. The molecule has 0 aromatic heterocycles. The highest BCUT2D eigenvalue weighted by atomic mass is 16.5. The summed E-state index contributed by atoms with van der Waals surface area (Å²) < 4.78 is 5.20. The summed E-state index contributed by atoms with van der Waals surface area (Å²) in [4.78, 5) is 13.5. The molecule has 0 aliphatic rings. The molecule has 0 saturated heterocycles. The number of hydrogen-bond donors (Lipinski definition) is 0. The van der Waals surface area contributed by atoms with Crippen LogP contribution in [0.3, 0.4) is 0 Å². The van der Waals surface area contributed by atoms with E-state index in [-0.39, 0.29) is 5.78 Å². The zero-order valence-corrected chi connectivity index (χ0v) is 10.9. The van der Waals surface area contributed by atoms with E-state index >= 15 is 0 Å². The lowest BCUT2D eigenvalue weighted by atomic mass is 10.0. The highest BCUT2D eigenvalue weighted by Gasteiger charge is 2.10. The highest BCUT2D eigenvalue weighted by molar-refractivity contribution is 6.10. The van der Waals surface area contributed by atoms with Gasteiger partial charge in [-0.1, -0.05) is 0 Å². The van der Waals surface area contributed by atoms with Crippen LogP contribution in [-0.4, -0.2) is 31.9 Å². The normalized spacial score (nSPS) is 9.24. The van der Waals surface area contributed by atoms with Crippen molar-refractivity contribution in [2.24, 2.45) is 0 Å². The molecule has 0 bridgehead atoms. The van der Waals surface area contributed by atoms with E-state index in [2.05, 4.69) is 12.0 Å². The summed E-state index contributed by atoms with van der Waals surface area (Å²) in [5.41, 5.74) is 2.45. The van der Waals surface area contributed by atoms with Gasteiger partial charge in [0.1, 0.15) is 5.75 Å². The third-order valence-electron chi connectivity index (χ3n) is 2.38. The summed E-state index contributed by atoms with van der Waals surface area (Å²) in [5, 5.41) is 0. The zero-order chi connectivity index (χ0) is 13.0. The SMILES string of the molecule is COc1cc(C)c(C(=O)C#CN(C)C)cc1C. The quantitative estimate of drug-likeness (QED) is 0.443. The van der Waals surface area contributed by atoms with E-state index in [9.17, 15) is 4.79 Å². The number of aryl methyl sites for hydroxylation is 2. The predicted molar refractivity (Wildman–Crippen MR) is 68.3 cm³/mol. The molecule has 1 rings (SSSR count). The number of nitrogens with zero attached hydrogens (tertiary/aromatic N) is 1. The second-order valence-electron chi connectivity index (χ2n) is 4.10. The van der Waals surface area contributed by atoms with E-state index in [1.807, 2.05) is 26.0 Å². The summed E-state index contributed by atoms with van der Waals surface area (Å²) in [6, 6.07) is 6.40. The Balaban J connectivity index is 3.13. The molecule has 0 aliphatic carbocycles. The second kappa shape index (κ2) is 5.40. The molecule has 0 unspecified atom stereocenters. The molecule has 1 aromatic rings. The molecule has 90 valence electrons. The summed E-state index contributed by atoms with van der Waals surface area (Å²) >= 11 is 0. The number of carbonyl (C=O) groups excluding carboxylic acids is 1. The van der Waals surface area contributed by atoms with Crippen molar-refractivity contribution in [2.45, 2.75) is 13.8 Å². The number of hydrogen-bond acceptors (Lipinski definition) is 3. The van der Waals surface area contributed by atoms with Crippen molar-refractivity contribution >= 4 is 5.78 Å². The largest absolute Gasteiger partial charge is 0.496 e. The molecule has 0 heterocycles. The fourth-order valence-electron chi connectivity index (χ4n) is 1.48. The Morgan fingerprint density at radius 3 is 2.41 bits per heavy atom. The molecule has 3 heteroatoms. The number of ether oxygens (including phenoxy) is 1. The fraction of sp³-hybridized carbons (Fsp3) is 0.357. The third-order valence-corrected chi connectivity index (χ3v) is 2.38. The number of methoxy groups -OCH3 is 1. The molecule has 1 aromatic carbocycles. The van der Waals surface area contributed by atoms with Crippen molar-refractivity contribution in [3.63, 3.8) is 0 Å². The van der Waals surface area contributed by atoms with Crippen LogP contribution < -0.4 is 4.74 Å². The molecule has 17 heavy (non-hydrogen) atoms. The third kappa shape index (κ3) is 3.25. The van der Waals surface area contributed by atoms with Gasteiger partial charge in [-0.05, 0) is 43.0 Å². The lowest BCUT2D eigenvalue weighted by molar-refractivity contribution is 0.105. The molecule has 0 aliphatic heterocycles. The first-order valence-electron chi connectivity index (χ1n) is 5.34. The van der Waals surface area contributed by atoms with Gasteiger partial charge in [0.15, 0.2) is 0 Å². The fourth-order valence-corrected chi connectivity index (χ4v) is 1.48. The first-order chi connectivity index (χ1) is 7.95. The molecule has 0 fully saturated rings. The molecule has 0 amide bonds. The van der Waals surface area contributed by atoms with Crippen molar-refractivity contribution < 1.29 is 9.53 Å². The molecular weight excluding hydrogens is 214 g/mol. The Bertz CT molecular complexity index is 493. The van der Waals surface area contributed by atoms with E-state index in [4.69, 9.17) is 4.74 Å². The van der Waals surface area contributed by atoms with Gasteiger partial charge in [-0.15, -0.1) is 0 Å². The number of ketones is 1. The number of carbonyl (C=O) groups is 1. The van der Waals surface area contributed by atoms with Crippen molar-refractivity contribution in [3.8, 4) is 17.7 Å². The van der Waals surface area contributed by atoms with Crippen molar-refractivity contribution in [2.75, 3.05) is 21.2 Å². The average Bonchev–Trinajstić information content (AvgIpc) is 2.28. The van der Waals surface area contributed by atoms with Gasteiger partial charge >= 0.3 is 0 Å². The van der Waals surface area contributed by atoms with E-state index < -0.39 is 0 Å². The molecule has 0 radical (unpaired) electrons. The summed E-state index contributed by atoms with van der Waals surface area (Å²) in [6.45, 7) is 3.79. The van der Waals surface area contributed by atoms with Crippen LogP contribution in [0.4, 0.5) is 0 Å². The molecule has 3 nitrogen and oxygen atoms in total.